The van der Waals surface area contributed by atoms with Gasteiger partial charge in [-0.1, -0.05) is 170 Å². The molecule has 1 spiro atoms. The van der Waals surface area contributed by atoms with E-state index in [1.165, 1.54) is 6.07 Å². The molecule has 18 rings (SSSR count). The van der Waals surface area contributed by atoms with E-state index in [9.17, 15) is 5.26 Å². The SMILES string of the molecule is [C-]#[N+]c1ccc(N(c2cc3c(c4ccccc24)-c2c(cc(N(c4ccc(C#N)cc4)c4cccc5c4oc4c(C)cccc45)c4ccccc24)C32c3ccccc3-n3c4ccccc4c4cccc2c43)c2cccc3c2oc2c(C(F)(F)F)cccc23)cc1. The fourth-order valence-electron chi connectivity index (χ4n) is 15.1. The molecule has 10 heteroatoms. The minimum atomic E-state index is -4.68. The third-order valence-electron chi connectivity index (χ3n) is 18.7. The summed E-state index contributed by atoms with van der Waals surface area (Å²) < 4.78 is 61.1. The van der Waals surface area contributed by atoms with Crippen LogP contribution in [0.25, 0.3) is 109 Å². The average molecular weight is 1150 g/mol. The number of anilines is 6. The lowest BCUT2D eigenvalue weighted by Crippen LogP contribution is -2.34. The molecule has 0 saturated heterocycles. The molecule has 0 saturated carbocycles. The van der Waals surface area contributed by atoms with Gasteiger partial charge in [0.1, 0.15) is 11.2 Å². The predicted octanol–water partition coefficient (Wildman–Crippen LogP) is 22.3. The highest BCUT2D eigenvalue weighted by atomic mass is 19.4. The molecular weight excluding hydrogens is 1110 g/mol. The lowest BCUT2D eigenvalue weighted by molar-refractivity contribution is -0.136. The number of rotatable bonds is 6. The standard InChI is InChI=1S/C79H44F3N5O2/c1-45-16-11-23-56-58-25-14-32-67(76(58)88-74(45)56)85(48-38-34-46(44-83)35-39-48)69-42-63-71(53-20-5-3-17-50(53)69)72-54-21-6-4-18-51(54)70(43-64(72)78(63)60-27-8-10-31-66(60)87-65-30-9-7-19-52(65)55-22-12-28-61(78)73(55)87)86(49-40-36-47(84-2)37-41-49)68-33-15-26-59-57-24-13-29-62(79(80,81)82)75(57)89-77(59)68/h3-43H,1H3. The van der Waals surface area contributed by atoms with Crippen LogP contribution in [0.5, 0.6) is 0 Å². The van der Waals surface area contributed by atoms with Crippen molar-refractivity contribution in [1.82, 2.24) is 4.57 Å². The van der Waals surface area contributed by atoms with Crippen LogP contribution in [0.2, 0.25) is 0 Å². The number of aromatic nitrogens is 1. The Morgan fingerprint density at radius 2 is 0.921 bits per heavy atom. The minimum absolute atomic E-state index is 0.245. The van der Waals surface area contributed by atoms with Crippen LogP contribution in [-0.2, 0) is 11.6 Å². The van der Waals surface area contributed by atoms with Crippen molar-refractivity contribution in [2.45, 2.75) is 18.5 Å². The van der Waals surface area contributed by atoms with Crippen LogP contribution in [0, 0.1) is 24.8 Å². The van der Waals surface area contributed by atoms with Crippen LogP contribution in [0.4, 0.5) is 53.0 Å². The summed E-state index contributed by atoms with van der Waals surface area (Å²) in [5, 5.41) is 19.1. The molecule has 418 valence electrons. The van der Waals surface area contributed by atoms with E-state index >= 15 is 13.2 Å². The van der Waals surface area contributed by atoms with E-state index < -0.39 is 17.2 Å². The van der Waals surface area contributed by atoms with E-state index in [4.69, 9.17) is 15.4 Å². The van der Waals surface area contributed by atoms with E-state index in [1.54, 1.807) is 18.2 Å². The fraction of sp³-hybridized carbons (Fsp3) is 0.0380. The van der Waals surface area contributed by atoms with Gasteiger partial charge < -0.3 is 23.2 Å². The summed E-state index contributed by atoms with van der Waals surface area (Å²) in [5.41, 5.74) is 15.5. The van der Waals surface area contributed by atoms with Crippen molar-refractivity contribution in [1.29, 1.82) is 5.26 Å². The zero-order valence-corrected chi connectivity index (χ0v) is 47.4. The second-order valence-corrected chi connectivity index (χ2v) is 23.2. The summed E-state index contributed by atoms with van der Waals surface area (Å²) in [7, 11) is 0. The number of halogens is 3. The van der Waals surface area contributed by atoms with Crippen LogP contribution in [0.1, 0.15) is 38.9 Å². The summed E-state index contributed by atoms with van der Waals surface area (Å²) in [6.07, 6.45) is -4.68. The average Bonchev–Trinajstić information content (AvgIpc) is 1.52. The summed E-state index contributed by atoms with van der Waals surface area (Å²) in [4.78, 5) is 8.18. The van der Waals surface area contributed by atoms with Crippen LogP contribution in [-0.4, -0.2) is 4.57 Å². The Hall–Kier alpha value is -11.9. The second kappa shape index (κ2) is 18.3. The third-order valence-corrected chi connectivity index (χ3v) is 18.7. The molecule has 4 heterocycles. The number of para-hydroxylation sites is 7. The highest BCUT2D eigenvalue weighted by molar-refractivity contribution is 6.22. The number of hydrogen-bond donors (Lipinski definition) is 0. The number of hydrogen-bond acceptors (Lipinski definition) is 5. The molecule has 16 aromatic rings. The molecule has 89 heavy (non-hydrogen) atoms. The van der Waals surface area contributed by atoms with Crippen LogP contribution in [0.15, 0.2) is 258 Å². The number of benzene rings is 13. The first-order valence-corrected chi connectivity index (χ1v) is 29.4. The quantitative estimate of drug-likeness (QED) is 0.155. The second-order valence-electron chi connectivity index (χ2n) is 23.2. The van der Waals surface area contributed by atoms with Crippen LogP contribution >= 0.6 is 0 Å². The lowest BCUT2D eigenvalue weighted by atomic mass is 9.65. The molecular formula is C79H44F3N5O2. The Morgan fingerprint density at radius 3 is 1.53 bits per heavy atom. The molecule has 0 bridgehead atoms. The Balaban J connectivity index is 1.02. The molecule has 0 N–H and O–H groups in total. The van der Waals surface area contributed by atoms with Crippen LogP contribution in [0.3, 0.4) is 0 Å². The highest BCUT2D eigenvalue weighted by Crippen LogP contribution is 2.66. The van der Waals surface area contributed by atoms with Crippen molar-refractivity contribution in [2.24, 2.45) is 0 Å². The zero-order valence-electron chi connectivity index (χ0n) is 47.4. The number of furan rings is 2. The van der Waals surface area contributed by atoms with Crippen molar-refractivity contribution in [2.75, 3.05) is 9.80 Å². The number of nitriles is 1. The Labute approximate surface area is 506 Å². The molecule has 3 aromatic heterocycles. The normalized spacial score (nSPS) is 14.1. The molecule has 0 amide bonds. The molecule has 1 atom stereocenters. The van der Waals surface area contributed by atoms with Crippen molar-refractivity contribution in [3.05, 3.63) is 299 Å². The molecule has 1 unspecified atom stereocenters. The van der Waals surface area contributed by atoms with E-state index in [1.807, 2.05) is 60.7 Å². The topological polar surface area (TPSA) is 65.8 Å². The molecule has 1 aliphatic carbocycles. The maximum Gasteiger partial charge on any atom is 0.420 e. The van der Waals surface area contributed by atoms with Gasteiger partial charge in [-0.15, -0.1) is 0 Å². The van der Waals surface area contributed by atoms with E-state index in [0.717, 1.165) is 139 Å². The predicted molar refractivity (Wildman–Crippen MR) is 351 cm³/mol. The van der Waals surface area contributed by atoms with Gasteiger partial charge in [-0.05, 0) is 136 Å². The van der Waals surface area contributed by atoms with Crippen LogP contribution < -0.4 is 9.80 Å². The summed E-state index contributed by atoms with van der Waals surface area (Å²) in [5.74, 6) is 0. The Morgan fingerprint density at radius 1 is 0.449 bits per heavy atom. The number of alkyl halides is 3. The van der Waals surface area contributed by atoms with Gasteiger partial charge in [0.15, 0.2) is 16.9 Å². The smallest absolute Gasteiger partial charge is 0.420 e. The lowest BCUT2D eigenvalue weighted by Gasteiger charge is -2.40. The van der Waals surface area contributed by atoms with Crippen molar-refractivity contribution >= 4 is 127 Å². The molecule has 1 aliphatic heterocycles. The Bertz CT molecular complexity index is 5860. The van der Waals surface area contributed by atoms with Gasteiger partial charge in [0, 0.05) is 54.5 Å². The van der Waals surface area contributed by atoms with Crippen molar-refractivity contribution < 1.29 is 22.0 Å². The molecule has 13 aromatic carbocycles. The Kier molecular flexibility index (Phi) is 10.4. The van der Waals surface area contributed by atoms with E-state index in [0.29, 0.717) is 33.4 Å². The minimum Gasteiger partial charge on any atom is -0.454 e. The number of nitrogens with zero attached hydrogens (tertiary/aromatic N) is 5. The summed E-state index contributed by atoms with van der Waals surface area (Å²) >= 11 is 0. The van der Waals surface area contributed by atoms with Gasteiger partial charge >= 0.3 is 6.18 Å². The summed E-state index contributed by atoms with van der Waals surface area (Å²) in [6.45, 7) is 10.1. The zero-order chi connectivity index (χ0) is 59.6. The molecule has 2 aliphatic rings. The first-order valence-electron chi connectivity index (χ1n) is 29.4. The third kappa shape index (κ3) is 6.80. The van der Waals surface area contributed by atoms with Crippen molar-refractivity contribution in [3.8, 4) is 22.9 Å². The van der Waals surface area contributed by atoms with Gasteiger partial charge in [-0.2, -0.15) is 18.4 Å². The highest BCUT2D eigenvalue weighted by Gasteiger charge is 2.53. The van der Waals surface area contributed by atoms with Gasteiger partial charge in [-0.3, -0.25) is 0 Å². The first kappa shape index (κ1) is 50.5. The number of aryl methyl sites for hydroxylation is 1. The fourth-order valence-corrected chi connectivity index (χ4v) is 15.1. The first-order chi connectivity index (χ1) is 43.6. The summed E-state index contributed by atoms with van der Waals surface area (Å²) in [6, 6.07) is 85.7. The maximum absolute atomic E-state index is 15.0. The van der Waals surface area contributed by atoms with E-state index in [2.05, 4.69) is 190 Å². The largest absolute Gasteiger partial charge is 0.454 e. The molecule has 0 radical (unpaired) electrons. The van der Waals surface area contributed by atoms with E-state index in [-0.39, 0.29) is 11.2 Å². The monoisotopic (exact) mass is 1150 g/mol. The maximum atomic E-state index is 15.0. The number of fused-ring (bicyclic) bond motifs is 22. The molecule has 7 nitrogen and oxygen atoms in total. The van der Waals surface area contributed by atoms with Gasteiger partial charge in [-0.25, -0.2) is 4.85 Å². The molecule has 0 fully saturated rings. The van der Waals surface area contributed by atoms with Crippen molar-refractivity contribution in [3.63, 3.8) is 0 Å². The van der Waals surface area contributed by atoms with Gasteiger partial charge in [0.2, 0.25) is 0 Å². The van der Waals surface area contributed by atoms with Gasteiger partial charge in [0.25, 0.3) is 0 Å². The van der Waals surface area contributed by atoms with Gasteiger partial charge in [0.05, 0.1) is 68.7 Å².